The van der Waals surface area contributed by atoms with E-state index in [2.05, 4.69) is 0 Å². The maximum atomic E-state index is 12.8. The lowest BCUT2D eigenvalue weighted by Crippen LogP contribution is -2.58. The molecule has 0 spiro atoms. The van der Waals surface area contributed by atoms with E-state index in [1.54, 1.807) is 6.08 Å². The van der Waals surface area contributed by atoms with Crippen LogP contribution in [-0.4, -0.2) is 32.7 Å². The lowest BCUT2D eigenvalue weighted by atomic mass is 9.46. The summed E-state index contributed by atoms with van der Waals surface area (Å²) in [6.07, 6.45) is 7.07. The number of aliphatic carboxylic acids is 1. The van der Waals surface area contributed by atoms with Crippen molar-refractivity contribution in [3.8, 4) is 0 Å². The van der Waals surface area contributed by atoms with Crippen molar-refractivity contribution < 1.29 is 24.9 Å². The van der Waals surface area contributed by atoms with Crippen molar-refractivity contribution in [3.63, 3.8) is 0 Å². The summed E-state index contributed by atoms with van der Waals surface area (Å²) in [5.41, 5.74) is -1.88. The number of carbonyl (C=O) groups excluding carboxylic acids is 1. The molecule has 0 amide bonds. The average molecular weight is 346 g/mol. The van der Waals surface area contributed by atoms with E-state index in [1.165, 1.54) is 6.08 Å². The minimum absolute atomic E-state index is 0.0349. The summed E-state index contributed by atoms with van der Waals surface area (Å²) in [6, 6.07) is 0. The van der Waals surface area contributed by atoms with E-state index in [-0.39, 0.29) is 29.3 Å². The number of aliphatic hydroxyl groups is 2. The Labute approximate surface area is 147 Å². The van der Waals surface area contributed by atoms with Gasteiger partial charge in [-0.1, -0.05) is 12.5 Å². The van der Waals surface area contributed by atoms with Crippen LogP contribution in [0.25, 0.3) is 0 Å². The molecule has 0 bridgehead atoms. The lowest BCUT2D eigenvalue weighted by molar-refractivity contribution is -0.181. The third-order valence-electron chi connectivity index (χ3n) is 8.21. The van der Waals surface area contributed by atoms with E-state index in [4.69, 9.17) is 0 Å². The molecule has 0 aliphatic heterocycles. The van der Waals surface area contributed by atoms with Crippen LogP contribution in [0.15, 0.2) is 23.5 Å². The van der Waals surface area contributed by atoms with E-state index < -0.39 is 22.4 Å². The first-order chi connectivity index (χ1) is 11.6. The minimum atomic E-state index is -1.66. The Hall–Kier alpha value is -1.62. The van der Waals surface area contributed by atoms with E-state index in [1.807, 2.05) is 13.8 Å². The van der Waals surface area contributed by atoms with Crippen molar-refractivity contribution in [3.05, 3.63) is 23.5 Å². The Morgan fingerprint density at radius 3 is 2.48 bits per heavy atom. The fourth-order valence-electron chi connectivity index (χ4n) is 6.66. The number of fused-ring (bicyclic) bond motifs is 5. The van der Waals surface area contributed by atoms with Crippen LogP contribution in [0.5, 0.6) is 0 Å². The number of hydrogen-bond acceptors (Lipinski definition) is 4. The fraction of sp³-hybridized carbons (Fsp3) is 0.700. The smallest absolute Gasteiger partial charge is 0.336 e. The quantitative estimate of drug-likeness (QED) is 0.678. The molecule has 6 atom stereocenters. The van der Waals surface area contributed by atoms with Crippen molar-refractivity contribution in [2.24, 2.45) is 28.6 Å². The topological polar surface area (TPSA) is 94.8 Å². The summed E-state index contributed by atoms with van der Waals surface area (Å²) in [4.78, 5) is 24.6. The number of rotatable bonds is 1. The number of ketones is 1. The second kappa shape index (κ2) is 4.97. The molecule has 4 rings (SSSR count). The van der Waals surface area contributed by atoms with Crippen LogP contribution in [0, 0.1) is 28.6 Å². The van der Waals surface area contributed by atoms with Crippen molar-refractivity contribution in [1.29, 1.82) is 0 Å². The molecule has 0 aromatic heterocycles. The van der Waals surface area contributed by atoms with Crippen LogP contribution in [0.3, 0.4) is 0 Å². The Morgan fingerprint density at radius 2 is 1.80 bits per heavy atom. The zero-order valence-corrected chi connectivity index (χ0v) is 14.8. The van der Waals surface area contributed by atoms with Gasteiger partial charge in [0, 0.05) is 11.5 Å². The molecule has 4 aliphatic rings. The third-order valence-corrected chi connectivity index (χ3v) is 8.21. The van der Waals surface area contributed by atoms with Crippen LogP contribution in [0.1, 0.15) is 52.4 Å². The number of allylic oxidation sites excluding steroid dienone is 3. The summed E-state index contributed by atoms with van der Waals surface area (Å²) in [7, 11) is 0. The van der Waals surface area contributed by atoms with Crippen molar-refractivity contribution in [1.82, 2.24) is 0 Å². The van der Waals surface area contributed by atoms with Crippen LogP contribution in [-0.2, 0) is 9.59 Å². The summed E-state index contributed by atoms with van der Waals surface area (Å²) < 4.78 is 0. The van der Waals surface area contributed by atoms with Crippen molar-refractivity contribution >= 4 is 11.8 Å². The number of carbonyl (C=O) groups is 2. The molecule has 25 heavy (non-hydrogen) atoms. The molecule has 0 saturated heterocycles. The van der Waals surface area contributed by atoms with Crippen LogP contribution in [0.2, 0.25) is 0 Å². The molecule has 0 unspecified atom stereocenters. The van der Waals surface area contributed by atoms with E-state index >= 15 is 0 Å². The zero-order valence-electron chi connectivity index (χ0n) is 14.8. The second-order valence-electron chi connectivity index (χ2n) is 8.88. The predicted octanol–water partition coefficient (Wildman–Crippen LogP) is 3.00. The molecule has 0 radical (unpaired) electrons. The summed E-state index contributed by atoms with van der Waals surface area (Å²) >= 11 is 0. The highest BCUT2D eigenvalue weighted by Crippen LogP contribution is 2.66. The Balaban J connectivity index is 1.73. The number of carboxylic acids is 1. The molecule has 0 aromatic rings. The van der Waals surface area contributed by atoms with Gasteiger partial charge in [-0.05, 0) is 69.3 Å². The summed E-state index contributed by atoms with van der Waals surface area (Å²) in [5, 5.41) is 30.3. The van der Waals surface area contributed by atoms with Gasteiger partial charge in [-0.2, -0.15) is 0 Å². The molecule has 5 nitrogen and oxygen atoms in total. The highest BCUT2D eigenvalue weighted by atomic mass is 16.4. The van der Waals surface area contributed by atoms with Gasteiger partial charge in [0.15, 0.2) is 11.4 Å². The Morgan fingerprint density at radius 1 is 1.12 bits per heavy atom. The normalized spacial score (nSPS) is 48.8. The monoisotopic (exact) mass is 346 g/mol. The fourth-order valence-corrected chi connectivity index (χ4v) is 6.66. The van der Waals surface area contributed by atoms with Crippen LogP contribution >= 0.6 is 0 Å². The standard InChI is InChI=1S/C20H26O5/c1-18-7-5-15-13(14(18)6-8-20(18,25)17(23)24)4-3-11-9-12(21)10-16(22)19(11,15)2/h9-10,13-15,21,25H,3-8H2,1-2H3,(H,23,24)/t13-,14-,15-,18-,19-,20-/m0/s1. The van der Waals surface area contributed by atoms with Gasteiger partial charge >= 0.3 is 5.97 Å². The van der Waals surface area contributed by atoms with Gasteiger partial charge in [0.1, 0.15) is 5.76 Å². The largest absolute Gasteiger partial charge is 0.508 e. The summed E-state index contributed by atoms with van der Waals surface area (Å²) in [6.45, 7) is 3.92. The van der Waals surface area contributed by atoms with Crippen LogP contribution in [0.4, 0.5) is 0 Å². The molecular weight excluding hydrogens is 320 g/mol. The first kappa shape index (κ1) is 16.8. The van der Waals surface area contributed by atoms with Gasteiger partial charge in [0.05, 0.1) is 5.41 Å². The highest BCUT2D eigenvalue weighted by Gasteiger charge is 2.67. The lowest BCUT2D eigenvalue weighted by Gasteiger charge is -2.57. The molecule has 5 heteroatoms. The predicted molar refractivity (Wildman–Crippen MR) is 90.8 cm³/mol. The minimum Gasteiger partial charge on any atom is -0.508 e. The molecule has 0 heterocycles. The SMILES string of the molecule is C[C@]12C(=O)C=C(O)C=C1CC[C@@H]1[C@@H]2CC[C@@]2(C)[C@H]1CC[C@]2(O)C(=O)O. The van der Waals surface area contributed by atoms with Gasteiger partial charge in [-0.15, -0.1) is 0 Å². The molecule has 3 saturated carbocycles. The molecule has 3 N–H and O–H groups in total. The van der Waals surface area contributed by atoms with Gasteiger partial charge < -0.3 is 15.3 Å². The summed E-state index contributed by atoms with van der Waals surface area (Å²) in [5.74, 6) is -0.589. The first-order valence-corrected chi connectivity index (χ1v) is 9.26. The average Bonchev–Trinajstić information content (AvgIpc) is 2.82. The molecule has 0 aromatic carbocycles. The maximum Gasteiger partial charge on any atom is 0.336 e. The van der Waals surface area contributed by atoms with E-state index in [9.17, 15) is 24.9 Å². The maximum absolute atomic E-state index is 12.8. The molecule has 4 aliphatic carbocycles. The van der Waals surface area contributed by atoms with Crippen molar-refractivity contribution in [2.75, 3.05) is 0 Å². The number of carboxylic acid groups (broad SMARTS) is 1. The van der Waals surface area contributed by atoms with Gasteiger partial charge in [-0.25, -0.2) is 4.79 Å². The van der Waals surface area contributed by atoms with E-state index in [0.29, 0.717) is 19.3 Å². The van der Waals surface area contributed by atoms with Crippen LogP contribution < -0.4 is 0 Å². The Bertz CT molecular complexity index is 722. The first-order valence-electron chi connectivity index (χ1n) is 9.26. The second-order valence-corrected chi connectivity index (χ2v) is 8.88. The highest BCUT2D eigenvalue weighted by molar-refractivity contribution is 5.99. The van der Waals surface area contributed by atoms with Gasteiger partial charge in [-0.3, -0.25) is 4.79 Å². The number of hydrogen-bond donors (Lipinski definition) is 3. The van der Waals surface area contributed by atoms with E-state index in [0.717, 1.165) is 24.8 Å². The third kappa shape index (κ3) is 1.88. The van der Waals surface area contributed by atoms with Crippen molar-refractivity contribution in [2.45, 2.75) is 58.0 Å². The zero-order chi connectivity index (χ0) is 18.2. The molecule has 3 fully saturated rings. The number of aliphatic hydroxyl groups excluding tert-OH is 1. The molecular formula is C20H26O5. The Kier molecular flexibility index (Phi) is 3.34. The van der Waals surface area contributed by atoms with Gasteiger partial charge in [0.25, 0.3) is 0 Å². The van der Waals surface area contributed by atoms with Gasteiger partial charge in [0.2, 0.25) is 0 Å². The molecule has 136 valence electrons.